The van der Waals surface area contributed by atoms with Crippen LogP contribution in [0.15, 0.2) is 24.3 Å². The molecule has 2 rings (SSSR count). The minimum Gasteiger partial charge on any atom is -0.480 e. The fraction of sp³-hybridized carbons (Fsp3) is 0.462. The number of benzene rings is 1. The normalized spacial score (nSPS) is 23.0. The van der Waals surface area contributed by atoms with Crippen molar-refractivity contribution in [2.45, 2.75) is 24.6 Å². The maximum Gasteiger partial charge on any atom is 0.323 e. The zero-order valence-corrected chi connectivity index (χ0v) is 11.7. The van der Waals surface area contributed by atoms with E-state index >= 15 is 0 Å². The van der Waals surface area contributed by atoms with E-state index in [1.807, 2.05) is 28.8 Å². The lowest BCUT2D eigenvalue weighted by atomic mass is 10.1. The quantitative estimate of drug-likeness (QED) is 0.923. The van der Waals surface area contributed by atoms with Gasteiger partial charge in [0.25, 0.3) is 0 Å². The third-order valence-electron chi connectivity index (χ3n) is 3.20. The van der Waals surface area contributed by atoms with Gasteiger partial charge in [-0.15, -0.1) is 0 Å². The molecule has 0 aromatic heterocycles. The highest BCUT2D eigenvalue weighted by Crippen LogP contribution is 2.33. The Kier molecular flexibility index (Phi) is 4.40. The van der Waals surface area contributed by atoms with E-state index < -0.39 is 5.97 Å². The van der Waals surface area contributed by atoms with Crippen LogP contribution in [-0.2, 0) is 4.79 Å². The molecule has 1 heterocycles. The van der Waals surface area contributed by atoms with Crippen LogP contribution in [0.25, 0.3) is 0 Å². The van der Waals surface area contributed by atoms with E-state index in [2.05, 4.69) is 6.92 Å². The number of carboxylic acid groups (broad SMARTS) is 1. The largest absolute Gasteiger partial charge is 0.480 e. The zero-order valence-electron chi connectivity index (χ0n) is 10.2. The maximum absolute atomic E-state index is 11.0. The Morgan fingerprint density at radius 1 is 1.50 bits per heavy atom. The van der Waals surface area contributed by atoms with Crippen LogP contribution in [0, 0.1) is 0 Å². The molecule has 0 saturated carbocycles. The first kappa shape index (κ1) is 13.6. The van der Waals surface area contributed by atoms with Gasteiger partial charge in [0.1, 0.15) is 6.54 Å². The first-order valence-electron chi connectivity index (χ1n) is 5.93. The van der Waals surface area contributed by atoms with Crippen molar-refractivity contribution in [1.29, 1.82) is 0 Å². The summed E-state index contributed by atoms with van der Waals surface area (Å²) in [5.74, 6) is 0.296. The molecule has 3 nitrogen and oxygen atoms in total. The van der Waals surface area contributed by atoms with Crippen molar-refractivity contribution < 1.29 is 9.90 Å². The van der Waals surface area contributed by atoms with E-state index in [0.717, 1.165) is 17.9 Å². The van der Waals surface area contributed by atoms with E-state index in [0.29, 0.717) is 10.3 Å². The SMILES string of the molecule is CC1SCCC1N(CC(=O)O)c1ccc(Cl)cc1. The molecule has 1 fully saturated rings. The smallest absolute Gasteiger partial charge is 0.323 e. The van der Waals surface area contributed by atoms with Gasteiger partial charge in [-0.3, -0.25) is 4.79 Å². The Labute approximate surface area is 116 Å². The number of halogens is 1. The van der Waals surface area contributed by atoms with E-state index in [4.69, 9.17) is 16.7 Å². The van der Waals surface area contributed by atoms with Gasteiger partial charge in [-0.2, -0.15) is 11.8 Å². The Morgan fingerprint density at radius 2 is 2.17 bits per heavy atom. The second kappa shape index (κ2) is 5.85. The number of carboxylic acids is 1. The summed E-state index contributed by atoms with van der Waals surface area (Å²) in [6.07, 6.45) is 1.03. The van der Waals surface area contributed by atoms with Crippen molar-refractivity contribution in [3.8, 4) is 0 Å². The maximum atomic E-state index is 11.0. The van der Waals surface area contributed by atoms with Crippen molar-refractivity contribution in [2.75, 3.05) is 17.2 Å². The molecule has 2 unspecified atom stereocenters. The number of aliphatic carboxylic acids is 1. The summed E-state index contributed by atoms with van der Waals surface area (Å²) in [6.45, 7) is 2.20. The number of thioether (sulfide) groups is 1. The molecule has 98 valence electrons. The summed E-state index contributed by atoms with van der Waals surface area (Å²) in [7, 11) is 0. The van der Waals surface area contributed by atoms with Gasteiger partial charge >= 0.3 is 5.97 Å². The number of hydrogen-bond donors (Lipinski definition) is 1. The van der Waals surface area contributed by atoms with Crippen molar-refractivity contribution in [2.24, 2.45) is 0 Å². The molecule has 0 amide bonds. The molecular weight excluding hydrogens is 270 g/mol. The first-order valence-corrected chi connectivity index (χ1v) is 7.36. The van der Waals surface area contributed by atoms with Crippen LogP contribution >= 0.6 is 23.4 Å². The molecule has 2 atom stereocenters. The second-order valence-electron chi connectivity index (χ2n) is 4.43. The molecule has 0 radical (unpaired) electrons. The van der Waals surface area contributed by atoms with Crippen LogP contribution in [0.5, 0.6) is 0 Å². The lowest BCUT2D eigenvalue weighted by Gasteiger charge is -2.32. The van der Waals surface area contributed by atoms with Gasteiger partial charge in [0.2, 0.25) is 0 Å². The Balaban J connectivity index is 2.24. The van der Waals surface area contributed by atoms with E-state index in [-0.39, 0.29) is 12.6 Å². The molecule has 1 N–H and O–H groups in total. The van der Waals surface area contributed by atoms with Gasteiger partial charge < -0.3 is 10.0 Å². The predicted molar refractivity (Wildman–Crippen MR) is 76.8 cm³/mol. The third kappa shape index (κ3) is 3.12. The summed E-state index contributed by atoms with van der Waals surface area (Å²) >= 11 is 7.77. The van der Waals surface area contributed by atoms with Crippen LogP contribution in [0.3, 0.4) is 0 Å². The van der Waals surface area contributed by atoms with E-state index in [1.54, 1.807) is 12.1 Å². The molecule has 1 aliphatic heterocycles. The van der Waals surface area contributed by atoms with Crippen LogP contribution in [0.1, 0.15) is 13.3 Å². The number of carbonyl (C=O) groups is 1. The number of hydrogen-bond acceptors (Lipinski definition) is 3. The molecule has 0 aliphatic carbocycles. The number of anilines is 1. The highest BCUT2D eigenvalue weighted by atomic mass is 35.5. The minimum absolute atomic E-state index is 0.0389. The molecule has 1 aromatic rings. The van der Waals surface area contributed by atoms with Crippen LogP contribution in [-0.4, -0.2) is 34.7 Å². The Bertz CT molecular complexity index is 424. The summed E-state index contributed by atoms with van der Waals surface area (Å²) in [4.78, 5) is 13.0. The van der Waals surface area contributed by atoms with Gasteiger partial charge in [-0.05, 0) is 36.4 Å². The van der Waals surface area contributed by atoms with Gasteiger partial charge in [-0.1, -0.05) is 18.5 Å². The van der Waals surface area contributed by atoms with E-state index in [9.17, 15) is 4.79 Å². The van der Waals surface area contributed by atoms with Crippen molar-refractivity contribution in [3.63, 3.8) is 0 Å². The molecule has 0 bridgehead atoms. The molecular formula is C13H16ClNO2S. The van der Waals surface area contributed by atoms with Gasteiger partial charge in [0, 0.05) is 22.0 Å². The lowest BCUT2D eigenvalue weighted by Crippen LogP contribution is -2.42. The summed E-state index contributed by atoms with van der Waals surface area (Å²) < 4.78 is 0. The Hall–Kier alpha value is -0.870. The second-order valence-corrected chi connectivity index (χ2v) is 6.35. The molecule has 5 heteroatoms. The van der Waals surface area contributed by atoms with Crippen LogP contribution < -0.4 is 4.90 Å². The van der Waals surface area contributed by atoms with Crippen LogP contribution in [0.4, 0.5) is 5.69 Å². The number of rotatable bonds is 4. The fourth-order valence-electron chi connectivity index (χ4n) is 2.31. The van der Waals surface area contributed by atoms with Crippen LogP contribution in [0.2, 0.25) is 5.02 Å². The van der Waals surface area contributed by atoms with Gasteiger partial charge in [0.15, 0.2) is 0 Å². The molecule has 18 heavy (non-hydrogen) atoms. The minimum atomic E-state index is -0.797. The third-order valence-corrected chi connectivity index (χ3v) is 4.76. The van der Waals surface area contributed by atoms with Gasteiger partial charge in [0.05, 0.1) is 0 Å². The van der Waals surface area contributed by atoms with Crippen molar-refractivity contribution in [1.82, 2.24) is 0 Å². The Morgan fingerprint density at radius 3 is 2.67 bits per heavy atom. The highest BCUT2D eigenvalue weighted by molar-refractivity contribution is 8.00. The van der Waals surface area contributed by atoms with Crippen molar-refractivity contribution in [3.05, 3.63) is 29.3 Å². The predicted octanol–water partition coefficient (Wildman–Crippen LogP) is 3.13. The monoisotopic (exact) mass is 285 g/mol. The molecule has 1 aliphatic rings. The molecule has 1 saturated heterocycles. The molecule has 1 aromatic carbocycles. The molecule has 0 spiro atoms. The fourth-order valence-corrected chi connectivity index (χ4v) is 3.69. The highest BCUT2D eigenvalue weighted by Gasteiger charge is 2.30. The average molecular weight is 286 g/mol. The summed E-state index contributed by atoms with van der Waals surface area (Å²) in [5, 5.41) is 10.2. The first-order chi connectivity index (χ1) is 8.58. The average Bonchev–Trinajstić information content (AvgIpc) is 2.73. The zero-order chi connectivity index (χ0) is 13.1. The van der Waals surface area contributed by atoms with Gasteiger partial charge in [-0.25, -0.2) is 0 Å². The summed E-state index contributed by atoms with van der Waals surface area (Å²) in [5.41, 5.74) is 0.932. The number of nitrogens with zero attached hydrogens (tertiary/aromatic N) is 1. The van der Waals surface area contributed by atoms with Crippen molar-refractivity contribution >= 4 is 35.0 Å². The standard InChI is InChI=1S/C13H16ClNO2S/c1-9-12(6-7-18-9)15(8-13(16)17)11-4-2-10(14)3-5-11/h2-5,9,12H,6-8H2,1H3,(H,16,17). The lowest BCUT2D eigenvalue weighted by molar-refractivity contribution is -0.135. The summed E-state index contributed by atoms with van der Waals surface area (Å²) in [6, 6.07) is 7.67. The van der Waals surface area contributed by atoms with E-state index in [1.165, 1.54) is 0 Å². The topological polar surface area (TPSA) is 40.5 Å².